The molecule has 1 aromatic carbocycles. The van der Waals surface area contributed by atoms with Gasteiger partial charge in [0.25, 0.3) is 0 Å². The van der Waals surface area contributed by atoms with Gasteiger partial charge in [0.15, 0.2) is 0 Å². The average molecular weight is 239 g/mol. The third kappa shape index (κ3) is 2.90. The molecule has 16 heavy (non-hydrogen) atoms. The van der Waals surface area contributed by atoms with Crippen molar-refractivity contribution in [2.24, 2.45) is 0 Å². The van der Waals surface area contributed by atoms with Gasteiger partial charge in [-0.3, -0.25) is 4.18 Å². The van der Waals surface area contributed by atoms with E-state index in [4.69, 9.17) is 8.92 Å². The first kappa shape index (κ1) is 11.8. The first-order chi connectivity index (χ1) is 7.81. The number of rotatable bonds is 4. The SMILES string of the molecule is CCC1CN(Cc2ccc(OC)cc2)SO1. The standard InChI is InChI=1S/C12H17NO2S/c1-3-11-9-13(16-15-11)8-10-4-6-12(14-2)7-5-10/h4-7,11H,3,8-9H2,1-2H3. The number of methoxy groups -OCH3 is 1. The van der Waals surface area contributed by atoms with Crippen molar-refractivity contribution in [1.29, 1.82) is 0 Å². The fraction of sp³-hybridized carbons (Fsp3) is 0.500. The van der Waals surface area contributed by atoms with E-state index in [1.165, 1.54) is 17.8 Å². The summed E-state index contributed by atoms with van der Waals surface area (Å²) in [5, 5.41) is 0. The lowest BCUT2D eigenvalue weighted by atomic mass is 10.2. The van der Waals surface area contributed by atoms with Crippen LogP contribution in [0.4, 0.5) is 0 Å². The van der Waals surface area contributed by atoms with Gasteiger partial charge in [-0.1, -0.05) is 19.1 Å². The van der Waals surface area contributed by atoms with Gasteiger partial charge in [0, 0.05) is 13.1 Å². The Balaban J connectivity index is 1.89. The van der Waals surface area contributed by atoms with Gasteiger partial charge in [-0.2, -0.15) is 0 Å². The smallest absolute Gasteiger partial charge is 0.118 e. The predicted molar refractivity (Wildman–Crippen MR) is 66.2 cm³/mol. The number of hydrogen-bond donors (Lipinski definition) is 0. The van der Waals surface area contributed by atoms with Crippen molar-refractivity contribution in [2.45, 2.75) is 26.0 Å². The van der Waals surface area contributed by atoms with Gasteiger partial charge in [-0.25, -0.2) is 4.31 Å². The third-order valence-electron chi connectivity index (χ3n) is 2.67. The fourth-order valence-electron chi connectivity index (χ4n) is 1.63. The van der Waals surface area contributed by atoms with Crippen molar-refractivity contribution in [3.8, 4) is 5.75 Å². The maximum absolute atomic E-state index is 5.55. The Bertz CT molecular complexity index is 328. The minimum Gasteiger partial charge on any atom is -0.497 e. The maximum Gasteiger partial charge on any atom is 0.118 e. The molecule has 0 saturated carbocycles. The van der Waals surface area contributed by atoms with E-state index in [0.29, 0.717) is 6.10 Å². The van der Waals surface area contributed by atoms with Crippen molar-refractivity contribution in [1.82, 2.24) is 4.31 Å². The second kappa shape index (κ2) is 5.57. The largest absolute Gasteiger partial charge is 0.497 e. The summed E-state index contributed by atoms with van der Waals surface area (Å²) in [6.45, 7) is 4.08. The minimum atomic E-state index is 0.378. The molecule has 1 fully saturated rings. The topological polar surface area (TPSA) is 21.7 Å². The van der Waals surface area contributed by atoms with Crippen molar-refractivity contribution >= 4 is 12.2 Å². The van der Waals surface area contributed by atoms with Gasteiger partial charge in [0.1, 0.15) is 5.75 Å². The highest BCUT2D eigenvalue weighted by Gasteiger charge is 2.23. The Labute approximate surface area is 101 Å². The van der Waals surface area contributed by atoms with Crippen LogP contribution >= 0.6 is 12.2 Å². The number of ether oxygens (including phenoxy) is 1. The Morgan fingerprint density at radius 2 is 2.19 bits per heavy atom. The molecule has 0 spiro atoms. The molecule has 1 saturated heterocycles. The van der Waals surface area contributed by atoms with Crippen molar-refractivity contribution in [2.75, 3.05) is 13.7 Å². The van der Waals surface area contributed by atoms with E-state index in [9.17, 15) is 0 Å². The van der Waals surface area contributed by atoms with Gasteiger partial charge >= 0.3 is 0 Å². The second-order valence-electron chi connectivity index (χ2n) is 3.87. The summed E-state index contributed by atoms with van der Waals surface area (Å²) in [5.41, 5.74) is 1.29. The van der Waals surface area contributed by atoms with Crippen molar-refractivity contribution < 1.29 is 8.92 Å². The summed E-state index contributed by atoms with van der Waals surface area (Å²) in [7, 11) is 1.69. The summed E-state index contributed by atoms with van der Waals surface area (Å²) in [6, 6.07) is 8.18. The monoisotopic (exact) mass is 239 g/mol. The van der Waals surface area contributed by atoms with E-state index in [-0.39, 0.29) is 0 Å². The molecule has 1 aliphatic rings. The highest BCUT2D eigenvalue weighted by atomic mass is 32.2. The van der Waals surface area contributed by atoms with Gasteiger partial charge < -0.3 is 4.74 Å². The quantitative estimate of drug-likeness (QED) is 0.595. The van der Waals surface area contributed by atoms with Crippen LogP contribution in [0.15, 0.2) is 24.3 Å². The predicted octanol–water partition coefficient (Wildman–Crippen LogP) is 2.87. The van der Waals surface area contributed by atoms with Crippen LogP contribution in [0.1, 0.15) is 18.9 Å². The van der Waals surface area contributed by atoms with Gasteiger partial charge in [0.05, 0.1) is 25.4 Å². The molecular formula is C12H17NO2S. The zero-order valence-electron chi connectivity index (χ0n) is 9.68. The van der Waals surface area contributed by atoms with E-state index < -0.39 is 0 Å². The molecule has 1 aliphatic heterocycles. The zero-order valence-corrected chi connectivity index (χ0v) is 10.5. The zero-order chi connectivity index (χ0) is 11.4. The minimum absolute atomic E-state index is 0.378. The first-order valence-electron chi connectivity index (χ1n) is 5.53. The van der Waals surface area contributed by atoms with E-state index >= 15 is 0 Å². The molecule has 0 radical (unpaired) electrons. The Kier molecular flexibility index (Phi) is 4.09. The molecule has 1 unspecified atom stereocenters. The van der Waals surface area contributed by atoms with E-state index in [0.717, 1.165) is 25.3 Å². The van der Waals surface area contributed by atoms with Crippen molar-refractivity contribution in [3.05, 3.63) is 29.8 Å². The summed E-state index contributed by atoms with van der Waals surface area (Å²) < 4.78 is 12.9. The second-order valence-corrected chi connectivity index (χ2v) is 4.73. The van der Waals surface area contributed by atoms with E-state index in [1.807, 2.05) is 12.1 Å². The van der Waals surface area contributed by atoms with E-state index in [2.05, 4.69) is 23.4 Å². The molecule has 1 aromatic rings. The molecule has 1 atom stereocenters. The van der Waals surface area contributed by atoms with Crippen LogP contribution in [-0.4, -0.2) is 24.1 Å². The lowest BCUT2D eigenvalue weighted by Crippen LogP contribution is -2.17. The molecule has 4 heteroatoms. The number of hydrogen-bond acceptors (Lipinski definition) is 4. The van der Waals surface area contributed by atoms with Crippen LogP contribution in [0, 0.1) is 0 Å². The normalized spacial score (nSPS) is 21.2. The van der Waals surface area contributed by atoms with Crippen molar-refractivity contribution in [3.63, 3.8) is 0 Å². The Morgan fingerprint density at radius 3 is 2.75 bits per heavy atom. The summed E-state index contributed by atoms with van der Waals surface area (Å²) >= 11 is 1.48. The van der Waals surface area contributed by atoms with Crippen LogP contribution in [-0.2, 0) is 10.7 Å². The Morgan fingerprint density at radius 1 is 1.44 bits per heavy atom. The molecule has 0 N–H and O–H groups in total. The lowest BCUT2D eigenvalue weighted by molar-refractivity contribution is 0.254. The maximum atomic E-state index is 5.55. The molecule has 0 amide bonds. The third-order valence-corrected chi connectivity index (χ3v) is 3.51. The van der Waals surface area contributed by atoms with Gasteiger partial charge in [-0.05, 0) is 24.1 Å². The highest BCUT2D eigenvalue weighted by Crippen LogP contribution is 2.27. The van der Waals surface area contributed by atoms with Gasteiger partial charge in [-0.15, -0.1) is 0 Å². The van der Waals surface area contributed by atoms with Crippen LogP contribution in [0.25, 0.3) is 0 Å². The summed E-state index contributed by atoms with van der Waals surface area (Å²) in [4.78, 5) is 0. The Hall–Kier alpha value is -0.710. The fourth-order valence-corrected chi connectivity index (χ4v) is 2.50. The molecule has 1 heterocycles. The molecule has 0 aromatic heterocycles. The molecule has 0 bridgehead atoms. The lowest BCUT2D eigenvalue weighted by Gasteiger charge is -2.11. The average Bonchev–Trinajstić information content (AvgIpc) is 2.78. The first-order valence-corrected chi connectivity index (χ1v) is 6.23. The van der Waals surface area contributed by atoms with Crippen LogP contribution in [0.3, 0.4) is 0 Å². The van der Waals surface area contributed by atoms with Crippen LogP contribution in [0.2, 0.25) is 0 Å². The molecule has 2 rings (SSSR count). The molecular weight excluding hydrogens is 222 g/mol. The molecule has 88 valence electrons. The molecule has 3 nitrogen and oxygen atoms in total. The van der Waals surface area contributed by atoms with Gasteiger partial charge in [0.2, 0.25) is 0 Å². The van der Waals surface area contributed by atoms with Crippen LogP contribution in [0.5, 0.6) is 5.75 Å². The molecule has 0 aliphatic carbocycles. The summed E-state index contributed by atoms with van der Waals surface area (Å²) in [5.74, 6) is 0.903. The summed E-state index contributed by atoms with van der Waals surface area (Å²) in [6.07, 6.45) is 1.45. The van der Waals surface area contributed by atoms with E-state index in [1.54, 1.807) is 7.11 Å². The van der Waals surface area contributed by atoms with Crippen LogP contribution < -0.4 is 4.74 Å². The number of benzene rings is 1. The number of nitrogens with zero attached hydrogens (tertiary/aromatic N) is 1. The highest BCUT2D eigenvalue weighted by molar-refractivity contribution is 7.92.